The standard InChI is InChI=1S/C22H17ClN4O2S/c1-15-3-2-4-20(13-15)26-21(17-7-9-18(23)10-8-17)24-25-22(26)30-14-16-5-11-19(12-6-16)27(28)29/h2-13H,14H2,1H3. The number of halogens is 1. The first-order valence-corrected chi connectivity index (χ1v) is 10.5. The number of benzene rings is 3. The highest BCUT2D eigenvalue weighted by atomic mass is 35.5. The Balaban J connectivity index is 1.69. The van der Waals surface area contributed by atoms with Crippen LogP contribution >= 0.6 is 23.4 Å². The second-order valence-corrected chi connectivity index (χ2v) is 8.08. The molecule has 0 aliphatic rings. The van der Waals surface area contributed by atoms with Crippen LogP contribution in [0, 0.1) is 17.0 Å². The summed E-state index contributed by atoms with van der Waals surface area (Å²) in [5.74, 6) is 1.34. The number of hydrogen-bond donors (Lipinski definition) is 0. The van der Waals surface area contributed by atoms with E-state index in [-0.39, 0.29) is 5.69 Å². The Hall–Kier alpha value is -3.16. The molecule has 0 fully saturated rings. The minimum Gasteiger partial charge on any atom is -0.270 e. The van der Waals surface area contributed by atoms with E-state index in [1.807, 2.05) is 54.0 Å². The zero-order chi connectivity index (χ0) is 21.1. The van der Waals surface area contributed by atoms with E-state index in [4.69, 9.17) is 11.6 Å². The van der Waals surface area contributed by atoms with Gasteiger partial charge in [0.2, 0.25) is 0 Å². The molecule has 3 aromatic carbocycles. The summed E-state index contributed by atoms with van der Waals surface area (Å²) in [4.78, 5) is 10.5. The number of nitrogens with zero attached hydrogens (tertiary/aromatic N) is 4. The normalized spacial score (nSPS) is 10.9. The molecule has 0 aliphatic carbocycles. The summed E-state index contributed by atoms with van der Waals surface area (Å²) in [6.45, 7) is 2.04. The molecule has 150 valence electrons. The van der Waals surface area contributed by atoms with Crippen LogP contribution in [0.2, 0.25) is 5.02 Å². The van der Waals surface area contributed by atoms with Gasteiger partial charge in [0.05, 0.1) is 4.92 Å². The fourth-order valence-electron chi connectivity index (χ4n) is 3.01. The van der Waals surface area contributed by atoms with Crippen LogP contribution in [-0.4, -0.2) is 19.7 Å². The van der Waals surface area contributed by atoms with Crippen molar-refractivity contribution < 1.29 is 4.92 Å². The molecule has 0 bridgehead atoms. The molecule has 0 N–H and O–H groups in total. The molecule has 0 spiro atoms. The summed E-state index contributed by atoms with van der Waals surface area (Å²) in [7, 11) is 0. The lowest BCUT2D eigenvalue weighted by atomic mass is 10.2. The number of nitro groups is 1. The topological polar surface area (TPSA) is 73.8 Å². The maximum Gasteiger partial charge on any atom is 0.269 e. The van der Waals surface area contributed by atoms with Crippen LogP contribution in [0.3, 0.4) is 0 Å². The highest BCUT2D eigenvalue weighted by Crippen LogP contribution is 2.31. The summed E-state index contributed by atoms with van der Waals surface area (Å²) < 4.78 is 2.02. The van der Waals surface area contributed by atoms with E-state index in [0.29, 0.717) is 10.8 Å². The molecule has 0 radical (unpaired) electrons. The van der Waals surface area contributed by atoms with E-state index in [9.17, 15) is 10.1 Å². The summed E-state index contributed by atoms with van der Waals surface area (Å²) in [6, 6.07) is 22.2. The number of nitro benzene ring substituents is 1. The van der Waals surface area contributed by atoms with Gasteiger partial charge in [-0.3, -0.25) is 14.7 Å². The number of non-ortho nitro benzene ring substituents is 1. The lowest BCUT2D eigenvalue weighted by Gasteiger charge is -2.11. The number of aromatic nitrogens is 3. The molecule has 0 saturated heterocycles. The van der Waals surface area contributed by atoms with Crippen molar-refractivity contribution in [2.24, 2.45) is 0 Å². The quantitative estimate of drug-likeness (QED) is 0.207. The van der Waals surface area contributed by atoms with Crippen molar-refractivity contribution in [3.05, 3.63) is 99.1 Å². The van der Waals surface area contributed by atoms with E-state index in [1.54, 1.807) is 12.1 Å². The molecule has 0 atom stereocenters. The number of rotatable bonds is 6. The maximum atomic E-state index is 10.8. The van der Waals surface area contributed by atoms with Crippen LogP contribution in [0.5, 0.6) is 0 Å². The van der Waals surface area contributed by atoms with Crippen LogP contribution in [0.4, 0.5) is 5.69 Å². The number of hydrogen-bond acceptors (Lipinski definition) is 5. The van der Waals surface area contributed by atoms with Crippen molar-refractivity contribution in [1.29, 1.82) is 0 Å². The average molecular weight is 437 g/mol. The summed E-state index contributed by atoms with van der Waals surface area (Å²) in [5, 5.41) is 21.1. The lowest BCUT2D eigenvalue weighted by Crippen LogP contribution is -2.00. The van der Waals surface area contributed by atoms with Gasteiger partial charge in [0.1, 0.15) is 0 Å². The Bertz CT molecular complexity index is 1190. The van der Waals surface area contributed by atoms with Gasteiger partial charge in [-0.05, 0) is 54.4 Å². The predicted octanol–water partition coefficient (Wildman–Crippen LogP) is 6.10. The van der Waals surface area contributed by atoms with Crippen LogP contribution in [-0.2, 0) is 5.75 Å². The zero-order valence-electron chi connectivity index (χ0n) is 16.0. The summed E-state index contributed by atoms with van der Waals surface area (Å²) in [5.41, 5.74) is 4.07. The molecule has 4 rings (SSSR count). The van der Waals surface area contributed by atoms with E-state index < -0.39 is 4.92 Å². The van der Waals surface area contributed by atoms with E-state index in [1.165, 1.54) is 23.9 Å². The maximum absolute atomic E-state index is 10.8. The minimum atomic E-state index is -0.399. The number of thioether (sulfide) groups is 1. The molecule has 0 aliphatic heterocycles. The van der Waals surface area contributed by atoms with Crippen LogP contribution in [0.25, 0.3) is 17.1 Å². The minimum absolute atomic E-state index is 0.0803. The third-order valence-corrected chi connectivity index (χ3v) is 5.76. The summed E-state index contributed by atoms with van der Waals surface area (Å²) >= 11 is 7.57. The molecule has 0 saturated carbocycles. The highest BCUT2D eigenvalue weighted by Gasteiger charge is 2.17. The predicted molar refractivity (Wildman–Crippen MR) is 119 cm³/mol. The fraction of sp³-hybridized carbons (Fsp3) is 0.0909. The van der Waals surface area contributed by atoms with Gasteiger partial charge in [-0.2, -0.15) is 0 Å². The van der Waals surface area contributed by atoms with Gasteiger partial charge in [-0.1, -0.05) is 47.6 Å². The van der Waals surface area contributed by atoms with Gasteiger partial charge < -0.3 is 0 Å². The van der Waals surface area contributed by atoms with Crippen molar-refractivity contribution in [1.82, 2.24) is 14.8 Å². The van der Waals surface area contributed by atoms with Gasteiger partial charge in [0.15, 0.2) is 11.0 Å². The Morgan fingerprint density at radius 2 is 1.77 bits per heavy atom. The average Bonchev–Trinajstić information content (AvgIpc) is 3.17. The molecular formula is C22H17ClN4O2S. The molecular weight excluding hydrogens is 420 g/mol. The van der Waals surface area contributed by atoms with Crippen LogP contribution in [0.15, 0.2) is 78.0 Å². The molecule has 8 heteroatoms. The van der Waals surface area contributed by atoms with Gasteiger partial charge in [-0.15, -0.1) is 10.2 Å². The smallest absolute Gasteiger partial charge is 0.269 e. The molecule has 30 heavy (non-hydrogen) atoms. The molecule has 1 heterocycles. The van der Waals surface area contributed by atoms with E-state index >= 15 is 0 Å². The Morgan fingerprint density at radius 3 is 2.43 bits per heavy atom. The van der Waals surface area contributed by atoms with E-state index in [2.05, 4.69) is 16.3 Å². The monoisotopic (exact) mass is 436 g/mol. The first kappa shape index (κ1) is 20.1. The first-order chi connectivity index (χ1) is 14.5. The first-order valence-electron chi connectivity index (χ1n) is 9.16. The number of aryl methyl sites for hydroxylation is 1. The fourth-order valence-corrected chi connectivity index (χ4v) is 4.04. The van der Waals surface area contributed by atoms with Crippen molar-refractivity contribution >= 4 is 29.1 Å². The highest BCUT2D eigenvalue weighted by molar-refractivity contribution is 7.98. The Morgan fingerprint density at radius 1 is 1.03 bits per heavy atom. The SMILES string of the molecule is Cc1cccc(-n2c(SCc3ccc([N+](=O)[O-])cc3)nnc2-c2ccc(Cl)cc2)c1. The third-order valence-electron chi connectivity index (χ3n) is 4.51. The van der Waals surface area contributed by atoms with E-state index in [0.717, 1.165) is 33.4 Å². The van der Waals surface area contributed by atoms with Gasteiger partial charge in [0, 0.05) is 34.2 Å². The van der Waals surface area contributed by atoms with Crippen molar-refractivity contribution in [3.63, 3.8) is 0 Å². The van der Waals surface area contributed by atoms with Crippen LogP contribution < -0.4 is 0 Å². The van der Waals surface area contributed by atoms with Gasteiger partial charge in [0.25, 0.3) is 5.69 Å². The molecule has 6 nitrogen and oxygen atoms in total. The largest absolute Gasteiger partial charge is 0.270 e. The molecule has 1 aromatic heterocycles. The van der Waals surface area contributed by atoms with Crippen molar-refractivity contribution in [2.75, 3.05) is 0 Å². The van der Waals surface area contributed by atoms with Crippen LogP contribution in [0.1, 0.15) is 11.1 Å². The second-order valence-electron chi connectivity index (χ2n) is 6.70. The Labute approximate surface area is 182 Å². The molecule has 4 aromatic rings. The van der Waals surface area contributed by atoms with Gasteiger partial charge in [-0.25, -0.2) is 0 Å². The van der Waals surface area contributed by atoms with Gasteiger partial charge >= 0.3 is 0 Å². The third kappa shape index (κ3) is 4.37. The Kier molecular flexibility index (Phi) is 5.83. The lowest BCUT2D eigenvalue weighted by molar-refractivity contribution is -0.384. The molecule has 0 unspecified atom stereocenters. The zero-order valence-corrected chi connectivity index (χ0v) is 17.6. The van der Waals surface area contributed by atoms with Crippen molar-refractivity contribution in [2.45, 2.75) is 17.8 Å². The van der Waals surface area contributed by atoms with Crippen molar-refractivity contribution in [3.8, 4) is 17.1 Å². The second kappa shape index (κ2) is 8.69. The summed E-state index contributed by atoms with van der Waals surface area (Å²) in [6.07, 6.45) is 0. The molecule has 0 amide bonds.